The molecule has 3 aliphatic carbocycles. The molecule has 0 bridgehead atoms. The zero-order valence-corrected chi connectivity index (χ0v) is 23.9. The first-order valence-corrected chi connectivity index (χ1v) is 15.6. The first-order valence-electron chi connectivity index (χ1n) is 15.6. The van der Waals surface area contributed by atoms with Gasteiger partial charge >= 0.3 is 0 Å². The van der Waals surface area contributed by atoms with Crippen LogP contribution in [0.15, 0.2) is 24.3 Å². The number of benzene rings is 1. The van der Waals surface area contributed by atoms with Crippen molar-refractivity contribution in [2.45, 2.75) is 130 Å². The number of rotatable bonds is 5. The molecule has 36 heavy (non-hydrogen) atoms. The summed E-state index contributed by atoms with van der Waals surface area (Å²) in [7, 11) is 0. The molecule has 0 N–H and O–H groups in total. The van der Waals surface area contributed by atoms with Gasteiger partial charge in [0.2, 0.25) is 0 Å². The van der Waals surface area contributed by atoms with E-state index in [0.29, 0.717) is 23.5 Å². The van der Waals surface area contributed by atoms with Gasteiger partial charge in [0.15, 0.2) is 5.79 Å². The summed E-state index contributed by atoms with van der Waals surface area (Å²) in [6.07, 6.45) is 16.4. The minimum atomic E-state index is -0.377. The lowest BCUT2D eigenvalue weighted by atomic mass is 9.47. The van der Waals surface area contributed by atoms with Crippen LogP contribution >= 0.6 is 0 Å². The molecule has 5 aliphatic rings. The topological polar surface area (TPSA) is 18.5 Å². The zero-order valence-electron chi connectivity index (χ0n) is 23.9. The molecule has 2 aliphatic heterocycles. The molecule has 0 radical (unpaired) electrons. The second kappa shape index (κ2) is 9.41. The quantitative estimate of drug-likeness (QED) is 0.408. The third-order valence-electron chi connectivity index (χ3n) is 12.5. The average Bonchev–Trinajstić information content (AvgIpc) is 3.21. The third kappa shape index (κ3) is 4.12. The highest BCUT2D eigenvalue weighted by atomic mass is 16.7. The summed E-state index contributed by atoms with van der Waals surface area (Å²) in [5, 5.41) is 0. The van der Waals surface area contributed by atoms with E-state index in [1.54, 1.807) is 0 Å². The van der Waals surface area contributed by atoms with Crippen molar-refractivity contribution >= 4 is 0 Å². The van der Waals surface area contributed by atoms with Crippen LogP contribution in [-0.2, 0) is 22.5 Å². The summed E-state index contributed by atoms with van der Waals surface area (Å²) in [5.74, 6) is 5.02. The Morgan fingerprint density at radius 2 is 1.61 bits per heavy atom. The van der Waals surface area contributed by atoms with Crippen LogP contribution in [0.3, 0.4) is 0 Å². The van der Waals surface area contributed by atoms with Gasteiger partial charge in [-0.3, -0.25) is 0 Å². The van der Waals surface area contributed by atoms with Crippen LogP contribution < -0.4 is 0 Å². The Kier molecular flexibility index (Phi) is 6.64. The fourth-order valence-corrected chi connectivity index (χ4v) is 10.4. The van der Waals surface area contributed by atoms with Gasteiger partial charge in [0.1, 0.15) is 0 Å². The van der Waals surface area contributed by atoms with E-state index in [0.717, 1.165) is 48.3 Å². The highest BCUT2D eigenvalue weighted by Gasteiger charge is 2.62. The first kappa shape index (κ1) is 25.4. The van der Waals surface area contributed by atoms with Crippen LogP contribution in [0.2, 0.25) is 0 Å². The van der Waals surface area contributed by atoms with E-state index in [1.165, 1.54) is 75.3 Å². The maximum absolute atomic E-state index is 7.06. The molecule has 2 heteroatoms. The summed E-state index contributed by atoms with van der Waals surface area (Å²) in [6.45, 7) is 13.4. The second-order valence-electron chi connectivity index (χ2n) is 14.7. The van der Waals surface area contributed by atoms with Crippen molar-refractivity contribution in [2.24, 2.45) is 46.3 Å². The largest absolute Gasteiger partial charge is 0.346 e. The first-order chi connectivity index (χ1) is 17.2. The summed E-state index contributed by atoms with van der Waals surface area (Å²) < 4.78 is 13.6. The number of hydrogen-bond donors (Lipinski definition) is 0. The molecule has 0 unspecified atom stereocenters. The van der Waals surface area contributed by atoms with Gasteiger partial charge < -0.3 is 9.47 Å². The normalized spacial score (nSPS) is 44.6. The Hall–Kier alpha value is -0.860. The molecule has 3 saturated carbocycles. The Morgan fingerprint density at radius 3 is 2.42 bits per heavy atom. The SMILES string of the molecule is CC(C)CCC[C@@H](C)[C@H]1CC[C@H]2[C@@H]3CC[C@H]4O[C@]5(CC[C@]4(C)[C@H]3CC[C@]12C)Cc1ccccc1CO5. The summed E-state index contributed by atoms with van der Waals surface area (Å²) in [4.78, 5) is 0. The standard InChI is InChI=1S/C34H52O2/c1-23(2)9-8-10-24(3)28-14-15-29-27-13-16-31-33(5,30(27)17-18-32(28,29)4)19-20-34(36-31)21-25-11-6-7-12-26(25)22-35-34/h6-7,11-12,23-24,27-31H,8-10,13-22H2,1-5H3/t24-,27+,28-,29+,30+,31-,32-,33-,34-/m1/s1. The van der Waals surface area contributed by atoms with Gasteiger partial charge in [-0.15, -0.1) is 0 Å². The third-order valence-corrected chi connectivity index (χ3v) is 12.5. The highest BCUT2D eigenvalue weighted by Crippen LogP contribution is 2.68. The van der Waals surface area contributed by atoms with Crippen molar-refractivity contribution in [1.82, 2.24) is 0 Å². The monoisotopic (exact) mass is 492 g/mol. The van der Waals surface area contributed by atoms with Crippen LogP contribution in [0, 0.1) is 46.3 Å². The minimum absolute atomic E-state index is 0.330. The molecule has 1 aromatic rings. The van der Waals surface area contributed by atoms with Crippen LogP contribution in [-0.4, -0.2) is 11.9 Å². The zero-order chi connectivity index (χ0) is 25.1. The lowest BCUT2D eigenvalue weighted by Gasteiger charge is -2.62. The number of fused-ring (bicyclic) bond motifs is 6. The van der Waals surface area contributed by atoms with Gasteiger partial charge in [0, 0.05) is 12.8 Å². The molecule has 0 aromatic heterocycles. The van der Waals surface area contributed by atoms with Crippen LogP contribution in [0.1, 0.15) is 116 Å². The molecule has 1 spiro atoms. The lowest BCUT2D eigenvalue weighted by molar-refractivity contribution is -0.333. The molecule has 2 nitrogen and oxygen atoms in total. The molecule has 0 amide bonds. The smallest absolute Gasteiger partial charge is 0.173 e. The molecule has 9 atom stereocenters. The Morgan fingerprint density at radius 1 is 0.833 bits per heavy atom. The summed E-state index contributed by atoms with van der Waals surface area (Å²) in [5.41, 5.74) is 3.70. The molecule has 4 fully saturated rings. The predicted octanol–water partition coefficient (Wildman–Crippen LogP) is 8.96. The van der Waals surface area contributed by atoms with Gasteiger partial charge in [-0.2, -0.15) is 0 Å². The van der Waals surface area contributed by atoms with Gasteiger partial charge in [-0.25, -0.2) is 0 Å². The predicted molar refractivity (Wildman–Crippen MR) is 148 cm³/mol. The molecule has 6 rings (SSSR count). The van der Waals surface area contributed by atoms with E-state index in [1.807, 2.05) is 0 Å². The van der Waals surface area contributed by atoms with Gasteiger partial charge in [-0.05, 0) is 102 Å². The van der Waals surface area contributed by atoms with Crippen LogP contribution in [0.25, 0.3) is 0 Å². The van der Waals surface area contributed by atoms with Crippen molar-refractivity contribution in [1.29, 1.82) is 0 Å². The fourth-order valence-electron chi connectivity index (χ4n) is 10.4. The molecule has 200 valence electrons. The van der Waals surface area contributed by atoms with E-state index in [9.17, 15) is 0 Å². The summed E-state index contributed by atoms with van der Waals surface area (Å²) in [6, 6.07) is 8.82. The Bertz CT molecular complexity index is 939. The molecule has 2 heterocycles. The van der Waals surface area contributed by atoms with Crippen molar-refractivity contribution < 1.29 is 9.47 Å². The lowest BCUT2D eigenvalue weighted by Crippen LogP contribution is -2.60. The number of ether oxygens (including phenoxy) is 2. The van der Waals surface area contributed by atoms with Crippen molar-refractivity contribution in [3.05, 3.63) is 35.4 Å². The van der Waals surface area contributed by atoms with Crippen molar-refractivity contribution in [3.8, 4) is 0 Å². The van der Waals surface area contributed by atoms with Gasteiger partial charge in [0.25, 0.3) is 0 Å². The minimum Gasteiger partial charge on any atom is -0.346 e. The highest BCUT2D eigenvalue weighted by molar-refractivity contribution is 5.29. The average molecular weight is 493 g/mol. The molecule has 1 aromatic carbocycles. The second-order valence-corrected chi connectivity index (χ2v) is 14.7. The van der Waals surface area contributed by atoms with Crippen molar-refractivity contribution in [2.75, 3.05) is 0 Å². The van der Waals surface area contributed by atoms with E-state index in [-0.39, 0.29) is 5.79 Å². The van der Waals surface area contributed by atoms with Gasteiger partial charge in [-0.1, -0.05) is 78.1 Å². The Labute approximate surface area is 221 Å². The Balaban J connectivity index is 1.15. The molecular weight excluding hydrogens is 440 g/mol. The number of hydrogen-bond acceptors (Lipinski definition) is 2. The van der Waals surface area contributed by atoms with Gasteiger partial charge in [0.05, 0.1) is 12.7 Å². The van der Waals surface area contributed by atoms with E-state index in [4.69, 9.17) is 9.47 Å². The van der Waals surface area contributed by atoms with E-state index >= 15 is 0 Å². The van der Waals surface area contributed by atoms with E-state index < -0.39 is 0 Å². The van der Waals surface area contributed by atoms with Crippen LogP contribution in [0.5, 0.6) is 0 Å². The molecule has 1 saturated heterocycles. The fraction of sp³-hybridized carbons (Fsp3) is 0.824. The van der Waals surface area contributed by atoms with Crippen molar-refractivity contribution in [3.63, 3.8) is 0 Å². The maximum Gasteiger partial charge on any atom is 0.173 e. The van der Waals surface area contributed by atoms with E-state index in [2.05, 4.69) is 58.9 Å². The van der Waals surface area contributed by atoms with Crippen LogP contribution in [0.4, 0.5) is 0 Å². The summed E-state index contributed by atoms with van der Waals surface area (Å²) >= 11 is 0. The maximum atomic E-state index is 7.06. The molecular formula is C34H52O2.